The monoisotopic (exact) mass is 236 g/mol. The summed E-state index contributed by atoms with van der Waals surface area (Å²) in [6, 6.07) is 13.1. The highest BCUT2D eigenvalue weighted by atomic mass is 16.3. The summed E-state index contributed by atoms with van der Waals surface area (Å²) in [5, 5.41) is 2.61. The van der Waals surface area contributed by atoms with Crippen LogP contribution in [0.2, 0.25) is 0 Å². The van der Waals surface area contributed by atoms with Gasteiger partial charge in [-0.15, -0.1) is 0 Å². The fourth-order valence-electron chi connectivity index (χ4n) is 3.11. The van der Waals surface area contributed by atoms with E-state index < -0.39 is 0 Å². The highest BCUT2D eigenvalue weighted by Gasteiger charge is 2.17. The summed E-state index contributed by atoms with van der Waals surface area (Å²) in [4.78, 5) is 0. The fourth-order valence-corrected chi connectivity index (χ4v) is 3.11. The minimum absolute atomic E-state index is 1.05. The lowest BCUT2D eigenvalue weighted by Crippen LogP contribution is -1.92. The molecule has 0 bridgehead atoms. The van der Waals surface area contributed by atoms with Crippen LogP contribution in [-0.4, -0.2) is 0 Å². The fraction of sp³-hybridized carbons (Fsp3) is 0.294. The van der Waals surface area contributed by atoms with Gasteiger partial charge in [0.05, 0.1) is 0 Å². The maximum absolute atomic E-state index is 6.15. The molecule has 1 nitrogen and oxygen atoms in total. The molecule has 18 heavy (non-hydrogen) atoms. The molecule has 1 aromatic rings. The number of benzene rings is 1. The van der Waals surface area contributed by atoms with Crippen molar-refractivity contribution in [1.82, 2.24) is 0 Å². The average Bonchev–Trinajstić information content (AvgIpc) is 2.59. The molecule has 0 aromatic heterocycles. The Balaban J connectivity index is 2.02. The summed E-state index contributed by atoms with van der Waals surface area (Å²) in [7, 11) is 0. The zero-order valence-corrected chi connectivity index (χ0v) is 10.4. The van der Waals surface area contributed by atoms with Crippen LogP contribution < -0.4 is 0 Å². The molecule has 1 heterocycles. The molecular formula is C17H16O. The van der Waals surface area contributed by atoms with Crippen molar-refractivity contribution in [3.63, 3.8) is 0 Å². The molecule has 0 saturated heterocycles. The summed E-state index contributed by atoms with van der Waals surface area (Å²) >= 11 is 0. The molecule has 1 aliphatic heterocycles. The number of hydrogen-bond donors (Lipinski definition) is 0. The molecule has 0 saturated carbocycles. The van der Waals surface area contributed by atoms with Gasteiger partial charge in [0, 0.05) is 12.0 Å². The van der Waals surface area contributed by atoms with Crippen molar-refractivity contribution in [2.75, 3.05) is 0 Å². The van der Waals surface area contributed by atoms with Crippen LogP contribution in [0, 0.1) is 0 Å². The molecule has 0 unspecified atom stereocenters. The van der Waals surface area contributed by atoms with Gasteiger partial charge in [-0.2, -0.15) is 0 Å². The van der Waals surface area contributed by atoms with Crippen molar-refractivity contribution in [3.8, 4) is 11.3 Å². The molecule has 4 rings (SSSR count). The second kappa shape index (κ2) is 3.88. The Morgan fingerprint density at radius 1 is 0.889 bits per heavy atom. The Labute approximate surface area is 107 Å². The molecular weight excluding hydrogens is 220 g/mol. The molecule has 0 N–H and O–H groups in total. The number of rotatable bonds is 0. The van der Waals surface area contributed by atoms with Gasteiger partial charge in [-0.3, -0.25) is 0 Å². The predicted octanol–water partition coefficient (Wildman–Crippen LogP) is 4.81. The molecule has 0 spiro atoms. The minimum atomic E-state index is 1.05. The van der Waals surface area contributed by atoms with Crippen molar-refractivity contribution in [2.24, 2.45) is 0 Å². The minimum Gasteiger partial charge on any atom is -0.461 e. The molecule has 2 aliphatic carbocycles. The summed E-state index contributed by atoms with van der Waals surface area (Å²) < 4.78 is 6.15. The lowest BCUT2D eigenvalue weighted by atomic mass is 10.0. The summed E-state index contributed by atoms with van der Waals surface area (Å²) in [6.45, 7) is 0. The van der Waals surface area contributed by atoms with Crippen molar-refractivity contribution >= 4 is 10.8 Å². The number of hydrogen-bond acceptors (Lipinski definition) is 1. The Morgan fingerprint density at radius 2 is 1.78 bits per heavy atom. The van der Waals surface area contributed by atoms with Gasteiger partial charge in [-0.1, -0.05) is 30.7 Å². The van der Waals surface area contributed by atoms with Crippen LogP contribution in [0.3, 0.4) is 0 Å². The highest BCUT2D eigenvalue weighted by molar-refractivity contribution is 6.00. The van der Waals surface area contributed by atoms with Crippen molar-refractivity contribution in [3.05, 3.63) is 47.7 Å². The average molecular weight is 236 g/mol. The Kier molecular flexibility index (Phi) is 2.19. The van der Waals surface area contributed by atoms with Crippen LogP contribution in [0.1, 0.15) is 30.6 Å². The SMILES string of the molecule is c1ccc2c3cc4c(oc-3cc2c1)CCCCC4. The van der Waals surface area contributed by atoms with E-state index >= 15 is 0 Å². The summed E-state index contributed by atoms with van der Waals surface area (Å²) in [5.41, 5.74) is 2.71. The lowest BCUT2D eigenvalue weighted by molar-refractivity contribution is 0.498. The first kappa shape index (κ1) is 10.2. The lowest BCUT2D eigenvalue weighted by Gasteiger charge is -2.08. The molecule has 0 amide bonds. The smallest absolute Gasteiger partial charge is 0.135 e. The Hall–Kier alpha value is -1.76. The Morgan fingerprint density at radius 3 is 2.78 bits per heavy atom. The summed E-state index contributed by atoms with van der Waals surface area (Å²) in [5.74, 6) is 2.27. The standard InChI is InChI=1S/C17H16O/c1-2-7-13-10-15-14-8-5-4-6-12(14)11-17(15)18-16(13)9-3-1/h4-6,8,10-11H,1-3,7,9H2. The number of aryl methyl sites for hydroxylation is 2. The first-order valence-corrected chi connectivity index (χ1v) is 6.85. The van der Waals surface area contributed by atoms with Crippen LogP contribution in [0.25, 0.3) is 22.1 Å². The van der Waals surface area contributed by atoms with Crippen LogP contribution in [0.15, 0.2) is 40.8 Å². The molecule has 3 aliphatic rings. The first-order valence-electron chi connectivity index (χ1n) is 6.85. The molecule has 90 valence electrons. The van der Waals surface area contributed by atoms with Gasteiger partial charge in [0.25, 0.3) is 0 Å². The van der Waals surface area contributed by atoms with E-state index in [1.807, 2.05) is 0 Å². The van der Waals surface area contributed by atoms with E-state index in [0.717, 1.165) is 12.2 Å². The van der Waals surface area contributed by atoms with Gasteiger partial charge < -0.3 is 4.42 Å². The topological polar surface area (TPSA) is 13.1 Å². The van der Waals surface area contributed by atoms with Crippen LogP contribution >= 0.6 is 0 Å². The largest absolute Gasteiger partial charge is 0.461 e. The third-order valence-corrected chi connectivity index (χ3v) is 4.06. The number of fused-ring (bicyclic) bond motifs is 4. The van der Waals surface area contributed by atoms with E-state index in [1.54, 1.807) is 0 Å². The third kappa shape index (κ3) is 1.47. The van der Waals surface area contributed by atoms with E-state index in [0.29, 0.717) is 0 Å². The predicted molar refractivity (Wildman–Crippen MR) is 74.1 cm³/mol. The first-order chi connectivity index (χ1) is 8.92. The van der Waals surface area contributed by atoms with Crippen LogP contribution in [0.4, 0.5) is 0 Å². The third-order valence-electron chi connectivity index (χ3n) is 4.06. The van der Waals surface area contributed by atoms with Crippen molar-refractivity contribution < 1.29 is 4.42 Å². The quantitative estimate of drug-likeness (QED) is 0.511. The second-order valence-electron chi connectivity index (χ2n) is 5.26. The summed E-state index contributed by atoms with van der Waals surface area (Å²) in [6.07, 6.45) is 6.17. The van der Waals surface area contributed by atoms with E-state index in [9.17, 15) is 0 Å². The zero-order valence-electron chi connectivity index (χ0n) is 10.4. The van der Waals surface area contributed by atoms with Crippen LogP contribution in [0.5, 0.6) is 0 Å². The van der Waals surface area contributed by atoms with Crippen LogP contribution in [-0.2, 0) is 12.8 Å². The maximum atomic E-state index is 6.15. The van der Waals surface area contributed by atoms with E-state index in [2.05, 4.69) is 36.4 Å². The van der Waals surface area contributed by atoms with Crippen molar-refractivity contribution in [1.29, 1.82) is 0 Å². The molecule has 1 aromatic carbocycles. The van der Waals surface area contributed by atoms with Gasteiger partial charge in [-0.05, 0) is 47.7 Å². The van der Waals surface area contributed by atoms with Gasteiger partial charge in [-0.25, -0.2) is 0 Å². The van der Waals surface area contributed by atoms with Gasteiger partial charge in [0.2, 0.25) is 0 Å². The van der Waals surface area contributed by atoms with E-state index in [4.69, 9.17) is 4.42 Å². The molecule has 0 fully saturated rings. The van der Waals surface area contributed by atoms with Gasteiger partial charge in [0.1, 0.15) is 11.5 Å². The maximum Gasteiger partial charge on any atom is 0.135 e. The molecule has 1 heteroatoms. The Bertz CT molecular complexity index is 677. The van der Waals surface area contributed by atoms with Gasteiger partial charge in [0.15, 0.2) is 0 Å². The second-order valence-corrected chi connectivity index (χ2v) is 5.26. The molecule has 0 atom stereocenters. The highest BCUT2D eigenvalue weighted by Crippen LogP contribution is 2.37. The van der Waals surface area contributed by atoms with E-state index in [1.165, 1.54) is 53.3 Å². The van der Waals surface area contributed by atoms with E-state index in [-0.39, 0.29) is 0 Å². The molecule has 0 radical (unpaired) electrons. The van der Waals surface area contributed by atoms with Gasteiger partial charge >= 0.3 is 0 Å². The zero-order chi connectivity index (χ0) is 11.9. The van der Waals surface area contributed by atoms with Crippen molar-refractivity contribution in [2.45, 2.75) is 32.1 Å². The normalized spacial score (nSPS) is 15.8.